The Hall–Kier alpha value is -2.72. The molecule has 2 atom stereocenters. The van der Waals surface area contributed by atoms with Crippen molar-refractivity contribution >= 4 is 35.1 Å². The molecule has 2 aliphatic rings. The van der Waals surface area contributed by atoms with E-state index in [4.69, 9.17) is 26.4 Å². The summed E-state index contributed by atoms with van der Waals surface area (Å²) in [6.07, 6.45) is 1.54. The molecular formula is C21H27N3O6S. The molecule has 3 rings (SSSR count). The summed E-state index contributed by atoms with van der Waals surface area (Å²) in [7, 11) is 0. The van der Waals surface area contributed by atoms with Gasteiger partial charge in [0.15, 0.2) is 5.11 Å². The van der Waals surface area contributed by atoms with Crippen LogP contribution in [-0.4, -0.2) is 72.9 Å². The van der Waals surface area contributed by atoms with E-state index >= 15 is 0 Å². The molecule has 1 aromatic carbocycles. The summed E-state index contributed by atoms with van der Waals surface area (Å²) in [5.74, 6) is -0.587. The molecule has 0 radical (unpaired) electrons. The number of nitrogens with one attached hydrogen (secondary N) is 2. The molecule has 168 valence electrons. The lowest BCUT2D eigenvalue weighted by atomic mass is 10.1. The van der Waals surface area contributed by atoms with Gasteiger partial charge in [0.2, 0.25) is 5.91 Å². The first-order chi connectivity index (χ1) is 15.0. The number of benzene rings is 1. The van der Waals surface area contributed by atoms with Gasteiger partial charge in [-0.3, -0.25) is 19.7 Å². The average molecular weight is 450 g/mol. The van der Waals surface area contributed by atoms with E-state index in [-0.39, 0.29) is 30.2 Å². The van der Waals surface area contributed by atoms with Crippen molar-refractivity contribution in [2.75, 3.05) is 32.9 Å². The Bertz CT molecular complexity index is 810. The molecule has 2 heterocycles. The van der Waals surface area contributed by atoms with Gasteiger partial charge < -0.3 is 24.4 Å². The minimum Gasteiger partial charge on any atom is -0.494 e. The number of esters is 1. The van der Waals surface area contributed by atoms with Gasteiger partial charge in [0.05, 0.1) is 19.1 Å². The maximum atomic E-state index is 12.6. The van der Waals surface area contributed by atoms with Crippen LogP contribution in [0.2, 0.25) is 0 Å². The smallest absolute Gasteiger partial charge is 0.308 e. The molecule has 31 heavy (non-hydrogen) atoms. The van der Waals surface area contributed by atoms with Crippen LogP contribution in [0.3, 0.4) is 0 Å². The van der Waals surface area contributed by atoms with Crippen molar-refractivity contribution in [3.63, 3.8) is 0 Å². The zero-order valence-electron chi connectivity index (χ0n) is 17.4. The molecule has 2 N–H and O–H groups in total. The number of hydrogen-bond donors (Lipinski definition) is 2. The van der Waals surface area contributed by atoms with E-state index in [1.165, 1.54) is 0 Å². The van der Waals surface area contributed by atoms with Crippen LogP contribution < -0.4 is 15.4 Å². The summed E-state index contributed by atoms with van der Waals surface area (Å²) in [5.41, 5.74) is 0.403. The molecule has 0 spiro atoms. The fraction of sp³-hybridized carbons (Fsp3) is 0.524. The summed E-state index contributed by atoms with van der Waals surface area (Å²) in [4.78, 5) is 38.8. The van der Waals surface area contributed by atoms with Crippen molar-refractivity contribution in [1.82, 2.24) is 15.5 Å². The molecule has 10 heteroatoms. The first-order valence-corrected chi connectivity index (χ1v) is 10.8. The zero-order chi connectivity index (χ0) is 22.2. The molecule has 0 aromatic heterocycles. The predicted octanol–water partition coefficient (Wildman–Crippen LogP) is 1.01. The van der Waals surface area contributed by atoms with E-state index < -0.39 is 17.9 Å². The molecular weight excluding hydrogens is 422 g/mol. The van der Waals surface area contributed by atoms with Crippen LogP contribution in [0.25, 0.3) is 0 Å². The number of piperazine rings is 1. The van der Waals surface area contributed by atoms with Gasteiger partial charge in [-0.05, 0) is 56.2 Å². The summed E-state index contributed by atoms with van der Waals surface area (Å²) >= 11 is 5.37. The highest BCUT2D eigenvalue weighted by atomic mass is 32.1. The molecule has 2 saturated heterocycles. The maximum absolute atomic E-state index is 12.6. The van der Waals surface area contributed by atoms with Crippen molar-refractivity contribution < 1.29 is 28.6 Å². The molecule has 2 amide bonds. The second-order valence-electron chi connectivity index (χ2n) is 7.24. The highest BCUT2D eigenvalue weighted by Gasteiger charge is 2.34. The molecule has 0 bridgehead atoms. The molecule has 9 nitrogen and oxygen atoms in total. The van der Waals surface area contributed by atoms with E-state index in [0.717, 1.165) is 12.8 Å². The maximum Gasteiger partial charge on any atom is 0.308 e. The first kappa shape index (κ1) is 23.0. The minimum absolute atomic E-state index is 0.0882. The Morgan fingerprint density at radius 2 is 2.10 bits per heavy atom. The van der Waals surface area contributed by atoms with E-state index in [0.29, 0.717) is 37.6 Å². The molecule has 0 aliphatic carbocycles. The summed E-state index contributed by atoms with van der Waals surface area (Å²) in [6.45, 7) is 3.99. The number of carbonyl (C=O) groups excluding carboxylic acids is 3. The van der Waals surface area contributed by atoms with Crippen molar-refractivity contribution in [3.05, 3.63) is 29.8 Å². The summed E-state index contributed by atoms with van der Waals surface area (Å²) in [6, 6.07) is 5.81. The second-order valence-corrected chi connectivity index (χ2v) is 7.63. The minimum atomic E-state index is -0.848. The number of nitrogens with zero attached hydrogens (tertiary/aromatic N) is 1. The normalized spacial score (nSPS) is 20.7. The van der Waals surface area contributed by atoms with Crippen LogP contribution in [0.15, 0.2) is 24.3 Å². The van der Waals surface area contributed by atoms with E-state index in [1.807, 2.05) is 6.92 Å². The van der Waals surface area contributed by atoms with Crippen LogP contribution in [0.4, 0.5) is 0 Å². The Morgan fingerprint density at radius 3 is 2.77 bits per heavy atom. The van der Waals surface area contributed by atoms with Crippen molar-refractivity contribution in [2.24, 2.45) is 0 Å². The quantitative estimate of drug-likeness (QED) is 0.469. The van der Waals surface area contributed by atoms with E-state index in [9.17, 15) is 14.4 Å². The SMILES string of the molecule is CCOc1ccc(C(=O)NC(=S)N2CCNC(=O)[C@H]2CC(=O)OC[C@H]2CCCO2)cc1. The molecule has 2 fully saturated rings. The lowest BCUT2D eigenvalue weighted by Gasteiger charge is -2.36. The van der Waals surface area contributed by atoms with Crippen LogP contribution in [0, 0.1) is 0 Å². The second kappa shape index (κ2) is 11.1. The Balaban J connectivity index is 1.57. The lowest BCUT2D eigenvalue weighted by Crippen LogP contribution is -2.60. The lowest BCUT2D eigenvalue weighted by molar-refractivity contribution is -0.150. The Morgan fingerprint density at radius 1 is 1.32 bits per heavy atom. The van der Waals surface area contributed by atoms with Gasteiger partial charge in [0, 0.05) is 25.3 Å². The summed E-state index contributed by atoms with van der Waals surface area (Å²) < 4.78 is 16.1. The van der Waals surface area contributed by atoms with Gasteiger partial charge >= 0.3 is 5.97 Å². The largest absolute Gasteiger partial charge is 0.494 e. The van der Waals surface area contributed by atoms with Gasteiger partial charge in [-0.15, -0.1) is 0 Å². The molecule has 1 aromatic rings. The van der Waals surface area contributed by atoms with Crippen LogP contribution >= 0.6 is 12.2 Å². The monoisotopic (exact) mass is 449 g/mol. The Kier molecular flexibility index (Phi) is 8.19. The number of rotatable bonds is 7. The van der Waals surface area contributed by atoms with Gasteiger partial charge in [0.25, 0.3) is 5.91 Å². The van der Waals surface area contributed by atoms with Crippen LogP contribution in [0.5, 0.6) is 5.75 Å². The van der Waals surface area contributed by atoms with Crippen LogP contribution in [0.1, 0.15) is 36.5 Å². The number of amides is 2. The third-order valence-electron chi connectivity index (χ3n) is 5.05. The topological polar surface area (TPSA) is 106 Å². The summed E-state index contributed by atoms with van der Waals surface area (Å²) in [5, 5.41) is 5.46. The van der Waals surface area contributed by atoms with Gasteiger partial charge in [-0.2, -0.15) is 0 Å². The number of carbonyl (C=O) groups is 3. The van der Waals surface area contributed by atoms with Gasteiger partial charge in [-0.25, -0.2) is 0 Å². The van der Waals surface area contributed by atoms with Gasteiger partial charge in [0.1, 0.15) is 18.4 Å². The standard InChI is InChI=1S/C21H27N3O6S/c1-2-28-15-7-5-14(6-8-15)19(26)23-21(31)24-10-9-22-20(27)17(24)12-18(25)30-13-16-4-3-11-29-16/h5-8,16-17H,2-4,9-13H2,1H3,(H,22,27)(H,23,26,31)/t16-,17-/m1/s1. The number of thiocarbonyl (C=S) groups is 1. The van der Waals surface area contributed by atoms with Crippen molar-refractivity contribution in [3.8, 4) is 5.75 Å². The fourth-order valence-corrected chi connectivity index (χ4v) is 3.76. The highest BCUT2D eigenvalue weighted by Crippen LogP contribution is 2.15. The first-order valence-electron chi connectivity index (χ1n) is 10.4. The van der Waals surface area contributed by atoms with E-state index in [2.05, 4.69) is 10.6 Å². The third kappa shape index (κ3) is 6.38. The predicted molar refractivity (Wildman–Crippen MR) is 116 cm³/mol. The fourth-order valence-electron chi connectivity index (χ4n) is 3.45. The van der Waals surface area contributed by atoms with E-state index in [1.54, 1.807) is 29.2 Å². The Labute approximate surface area is 186 Å². The molecule has 0 unspecified atom stereocenters. The number of hydrogen-bond acceptors (Lipinski definition) is 7. The van der Waals surface area contributed by atoms with Crippen molar-refractivity contribution in [1.29, 1.82) is 0 Å². The van der Waals surface area contributed by atoms with Crippen LogP contribution in [-0.2, 0) is 19.1 Å². The van der Waals surface area contributed by atoms with Crippen molar-refractivity contribution in [2.45, 2.75) is 38.3 Å². The number of ether oxygens (including phenoxy) is 3. The third-order valence-corrected chi connectivity index (χ3v) is 5.39. The molecule has 0 saturated carbocycles. The highest BCUT2D eigenvalue weighted by molar-refractivity contribution is 7.80. The zero-order valence-corrected chi connectivity index (χ0v) is 18.2. The molecule has 2 aliphatic heterocycles. The average Bonchev–Trinajstić information content (AvgIpc) is 3.28. The van der Waals surface area contributed by atoms with Gasteiger partial charge in [-0.1, -0.05) is 0 Å².